The Kier molecular flexibility index (Phi) is 6.57. The van der Waals surface area contributed by atoms with Crippen LogP contribution in [0.15, 0.2) is 64.1 Å². The summed E-state index contributed by atoms with van der Waals surface area (Å²) >= 11 is 11.9. The number of ether oxygens (including phenoxy) is 2. The number of carbonyl (C=O) groups excluding carboxylic acids is 1. The summed E-state index contributed by atoms with van der Waals surface area (Å²) in [6.07, 6.45) is 1.51. The Morgan fingerprint density at radius 3 is 2.82 bits per heavy atom. The molecular weight excluding hydrogens is 403 g/mol. The molecule has 0 spiro atoms. The van der Waals surface area contributed by atoms with Crippen molar-refractivity contribution < 1.29 is 18.7 Å². The molecular formula is C20H16Cl2N2O4. The Balaban J connectivity index is 1.55. The Morgan fingerprint density at radius 2 is 2.04 bits per heavy atom. The van der Waals surface area contributed by atoms with Crippen LogP contribution in [0.1, 0.15) is 21.9 Å². The Hall–Kier alpha value is -2.96. The molecule has 0 radical (unpaired) electrons. The highest BCUT2D eigenvalue weighted by molar-refractivity contribution is 6.35. The number of halogens is 2. The fraction of sp³-hybridized carbons (Fsp3) is 0.100. The van der Waals surface area contributed by atoms with Crippen LogP contribution in [0.5, 0.6) is 11.5 Å². The number of carbonyl (C=O) groups is 1. The zero-order valence-electron chi connectivity index (χ0n) is 14.8. The number of benzene rings is 2. The third-order valence-corrected chi connectivity index (χ3v) is 4.15. The van der Waals surface area contributed by atoms with Crippen molar-refractivity contribution in [1.82, 2.24) is 5.43 Å². The predicted octanol–water partition coefficient (Wildman–Crippen LogP) is 4.94. The van der Waals surface area contributed by atoms with Crippen molar-refractivity contribution >= 4 is 35.3 Å². The fourth-order valence-electron chi connectivity index (χ4n) is 2.26. The maximum Gasteiger partial charge on any atom is 0.307 e. The first-order valence-corrected chi connectivity index (χ1v) is 8.95. The van der Waals surface area contributed by atoms with Crippen LogP contribution in [0.25, 0.3) is 0 Å². The summed E-state index contributed by atoms with van der Waals surface area (Å²) in [6.45, 7) is 0.113. The summed E-state index contributed by atoms with van der Waals surface area (Å²) in [5, 5.41) is 4.82. The molecule has 1 N–H and O–H groups in total. The van der Waals surface area contributed by atoms with Crippen LogP contribution in [0.4, 0.5) is 0 Å². The van der Waals surface area contributed by atoms with E-state index in [1.54, 1.807) is 43.5 Å². The van der Waals surface area contributed by atoms with Crippen molar-refractivity contribution in [3.8, 4) is 11.5 Å². The number of amides is 1. The van der Waals surface area contributed by atoms with E-state index in [2.05, 4.69) is 10.5 Å². The van der Waals surface area contributed by atoms with E-state index >= 15 is 0 Å². The number of methoxy groups -OCH3 is 1. The summed E-state index contributed by atoms with van der Waals surface area (Å²) in [5.41, 5.74) is 3.19. The third-order valence-electron chi connectivity index (χ3n) is 3.62. The lowest BCUT2D eigenvalue weighted by Crippen LogP contribution is -2.16. The van der Waals surface area contributed by atoms with Gasteiger partial charge in [0.2, 0.25) is 0 Å². The molecule has 0 aliphatic rings. The predicted molar refractivity (Wildman–Crippen MR) is 108 cm³/mol. The minimum absolute atomic E-state index is 0.113. The number of hydrogen-bond acceptors (Lipinski definition) is 5. The second-order valence-corrected chi connectivity index (χ2v) is 6.45. The van der Waals surface area contributed by atoms with Gasteiger partial charge in [0.05, 0.1) is 18.3 Å². The lowest BCUT2D eigenvalue weighted by Gasteiger charge is -2.06. The molecule has 1 aromatic heterocycles. The molecule has 0 aliphatic carbocycles. The summed E-state index contributed by atoms with van der Waals surface area (Å²) < 4.78 is 16.2. The van der Waals surface area contributed by atoms with Gasteiger partial charge in [-0.2, -0.15) is 5.10 Å². The number of hydrazone groups is 1. The van der Waals surface area contributed by atoms with Crippen molar-refractivity contribution in [3.63, 3.8) is 0 Å². The molecule has 1 amide bonds. The summed E-state index contributed by atoms with van der Waals surface area (Å²) in [7, 11) is 1.58. The second kappa shape index (κ2) is 9.30. The van der Waals surface area contributed by atoms with Crippen LogP contribution < -0.4 is 14.9 Å². The Bertz CT molecular complexity index is 1000. The van der Waals surface area contributed by atoms with Crippen LogP contribution in [0, 0.1) is 0 Å². The minimum Gasteiger partial charge on any atom is -0.497 e. The zero-order valence-corrected chi connectivity index (χ0v) is 16.3. The first-order valence-electron chi connectivity index (χ1n) is 8.19. The van der Waals surface area contributed by atoms with Crippen LogP contribution in [-0.4, -0.2) is 19.2 Å². The lowest BCUT2D eigenvalue weighted by molar-refractivity contribution is 0.0923. The summed E-state index contributed by atoms with van der Waals surface area (Å²) in [6, 6.07) is 15.4. The molecule has 8 heteroatoms. The molecule has 0 atom stereocenters. The Labute approximate surface area is 171 Å². The van der Waals surface area contributed by atoms with Gasteiger partial charge in [0.1, 0.15) is 23.9 Å². The van der Waals surface area contributed by atoms with Gasteiger partial charge in [-0.05, 0) is 48.0 Å². The highest BCUT2D eigenvalue weighted by atomic mass is 35.5. The number of nitrogens with one attached hydrogen (secondary N) is 1. The van der Waals surface area contributed by atoms with Gasteiger partial charge in [0.25, 0.3) is 0 Å². The van der Waals surface area contributed by atoms with Crippen molar-refractivity contribution in [3.05, 3.63) is 81.7 Å². The van der Waals surface area contributed by atoms with Gasteiger partial charge in [-0.3, -0.25) is 4.79 Å². The lowest BCUT2D eigenvalue weighted by atomic mass is 10.2. The number of hydrogen-bond donors (Lipinski definition) is 1. The SMILES string of the molecule is COc1cccc(C=NNC(=O)c2ccc(COc3ccc(Cl)cc3Cl)o2)c1. The maximum atomic E-state index is 12.1. The average Bonchev–Trinajstić information content (AvgIpc) is 3.16. The van der Waals surface area contributed by atoms with E-state index in [-0.39, 0.29) is 12.4 Å². The standard InChI is InChI=1S/C20H16Cl2N2O4/c1-26-15-4-2-3-13(9-15)11-23-24-20(25)19-8-6-16(28-19)12-27-18-7-5-14(21)10-17(18)22/h2-11H,12H2,1H3,(H,24,25). The van der Waals surface area contributed by atoms with E-state index in [1.165, 1.54) is 6.21 Å². The molecule has 0 aliphatic heterocycles. The van der Waals surface area contributed by atoms with Crippen molar-refractivity contribution in [1.29, 1.82) is 0 Å². The van der Waals surface area contributed by atoms with Crippen LogP contribution >= 0.6 is 23.2 Å². The highest BCUT2D eigenvalue weighted by Crippen LogP contribution is 2.28. The van der Waals surface area contributed by atoms with E-state index < -0.39 is 5.91 Å². The van der Waals surface area contributed by atoms with Crippen molar-refractivity contribution in [2.45, 2.75) is 6.61 Å². The number of rotatable bonds is 7. The Morgan fingerprint density at radius 1 is 1.18 bits per heavy atom. The molecule has 2 aromatic carbocycles. The second-order valence-electron chi connectivity index (χ2n) is 5.61. The first-order chi connectivity index (χ1) is 13.5. The monoisotopic (exact) mass is 418 g/mol. The van der Waals surface area contributed by atoms with Crippen LogP contribution in [-0.2, 0) is 6.61 Å². The summed E-state index contributed by atoms with van der Waals surface area (Å²) in [4.78, 5) is 12.1. The number of furan rings is 1. The molecule has 3 rings (SSSR count). The molecule has 0 bridgehead atoms. The van der Waals surface area contributed by atoms with Gasteiger partial charge in [0.15, 0.2) is 5.76 Å². The van der Waals surface area contributed by atoms with E-state index in [0.29, 0.717) is 27.3 Å². The van der Waals surface area contributed by atoms with E-state index in [0.717, 1.165) is 5.56 Å². The molecule has 0 saturated heterocycles. The van der Waals surface area contributed by atoms with Crippen LogP contribution in [0.3, 0.4) is 0 Å². The fourth-order valence-corrected chi connectivity index (χ4v) is 2.72. The smallest absolute Gasteiger partial charge is 0.307 e. The maximum absolute atomic E-state index is 12.1. The van der Waals surface area contributed by atoms with Crippen molar-refractivity contribution in [2.24, 2.45) is 5.10 Å². The van der Waals surface area contributed by atoms with Gasteiger partial charge in [0, 0.05) is 5.02 Å². The minimum atomic E-state index is -0.477. The highest BCUT2D eigenvalue weighted by Gasteiger charge is 2.11. The molecule has 0 fully saturated rings. The van der Waals surface area contributed by atoms with Gasteiger partial charge in [-0.15, -0.1) is 0 Å². The number of nitrogens with zero attached hydrogens (tertiary/aromatic N) is 1. The van der Waals surface area contributed by atoms with E-state index in [4.69, 9.17) is 37.1 Å². The van der Waals surface area contributed by atoms with E-state index in [9.17, 15) is 4.79 Å². The van der Waals surface area contributed by atoms with Gasteiger partial charge in [-0.25, -0.2) is 5.43 Å². The van der Waals surface area contributed by atoms with Gasteiger partial charge in [-0.1, -0.05) is 35.3 Å². The molecule has 6 nitrogen and oxygen atoms in total. The van der Waals surface area contributed by atoms with Gasteiger partial charge >= 0.3 is 5.91 Å². The largest absolute Gasteiger partial charge is 0.497 e. The molecule has 28 heavy (non-hydrogen) atoms. The average molecular weight is 419 g/mol. The summed E-state index contributed by atoms with van der Waals surface area (Å²) in [5.74, 6) is 1.27. The topological polar surface area (TPSA) is 73.1 Å². The molecule has 3 aromatic rings. The molecule has 0 unspecified atom stereocenters. The third kappa shape index (κ3) is 5.28. The molecule has 0 saturated carbocycles. The van der Waals surface area contributed by atoms with E-state index in [1.807, 2.05) is 18.2 Å². The first kappa shape index (κ1) is 19.8. The molecule has 1 heterocycles. The van der Waals surface area contributed by atoms with Crippen LogP contribution in [0.2, 0.25) is 10.0 Å². The molecule has 144 valence electrons. The van der Waals surface area contributed by atoms with Gasteiger partial charge < -0.3 is 13.9 Å². The normalized spacial score (nSPS) is 10.8. The van der Waals surface area contributed by atoms with Crippen molar-refractivity contribution in [2.75, 3.05) is 7.11 Å². The quantitative estimate of drug-likeness (QED) is 0.435. The zero-order chi connectivity index (χ0) is 19.9.